The molecule has 7 nitrogen and oxygen atoms in total. The zero-order valence-corrected chi connectivity index (χ0v) is 19.4. The lowest BCUT2D eigenvalue weighted by atomic mass is 10.0. The van der Waals surface area contributed by atoms with Crippen molar-refractivity contribution in [3.05, 3.63) is 94.9 Å². The number of aromatic nitrogens is 6. The highest BCUT2D eigenvalue weighted by Crippen LogP contribution is 2.26. The van der Waals surface area contributed by atoms with Crippen LogP contribution in [0.5, 0.6) is 0 Å². The molecule has 0 amide bonds. The van der Waals surface area contributed by atoms with Gasteiger partial charge in [0.1, 0.15) is 6.33 Å². The zero-order chi connectivity index (χ0) is 23.2. The number of rotatable bonds is 9. The van der Waals surface area contributed by atoms with Gasteiger partial charge >= 0.3 is 5.69 Å². The fourth-order valence-corrected chi connectivity index (χ4v) is 3.87. The lowest BCUT2D eigenvalue weighted by molar-refractivity contribution is 0.503. The smallest absolute Gasteiger partial charge is 0.299 e. The predicted octanol–water partition coefficient (Wildman–Crippen LogP) is 4.51. The summed E-state index contributed by atoms with van der Waals surface area (Å²) in [6.45, 7) is 7.67. The van der Waals surface area contributed by atoms with Crippen LogP contribution in [0, 0.1) is 5.92 Å². The highest BCUT2D eigenvalue weighted by Gasteiger charge is 2.12. The Labute approximate surface area is 194 Å². The molecule has 2 heterocycles. The van der Waals surface area contributed by atoms with Gasteiger partial charge in [-0.15, -0.1) is 5.10 Å². The van der Waals surface area contributed by atoms with E-state index in [2.05, 4.69) is 65.8 Å². The molecule has 0 aliphatic heterocycles. The third-order valence-electron chi connectivity index (χ3n) is 5.74. The molecule has 0 aliphatic rings. The Morgan fingerprint density at radius 1 is 1.06 bits per heavy atom. The number of aryl methyl sites for hydroxylation is 1. The number of imidazole rings is 1. The molecule has 0 saturated carbocycles. The van der Waals surface area contributed by atoms with E-state index in [1.54, 1.807) is 11.0 Å². The van der Waals surface area contributed by atoms with Gasteiger partial charge in [0.2, 0.25) is 0 Å². The Hall–Kier alpha value is -3.74. The monoisotopic (exact) mass is 442 g/mol. The van der Waals surface area contributed by atoms with Gasteiger partial charge in [-0.05, 0) is 46.9 Å². The first-order valence-electron chi connectivity index (χ1n) is 11.4. The fraction of sp³-hybridized carbons (Fsp3) is 0.308. The third-order valence-corrected chi connectivity index (χ3v) is 5.74. The Morgan fingerprint density at radius 2 is 1.85 bits per heavy atom. The molecular weight excluding hydrogens is 412 g/mol. The molecule has 170 valence electrons. The van der Waals surface area contributed by atoms with E-state index in [-0.39, 0.29) is 5.69 Å². The van der Waals surface area contributed by atoms with Gasteiger partial charge in [0.15, 0.2) is 0 Å². The molecule has 7 heteroatoms. The summed E-state index contributed by atoms with van der Waals surface area (Å²) in [5.74, 6) is 0.558. The van der Waals surface area contributed by atoms with E-state index in [4.69, 9.17) is 0 Å². The van der Waals surface area contributed by atoms with Crippen LogP contribution >= 0.6 is 0 Å². The number of hydrogen-bond donors (Lipinski definition) is 0. The molecule has 2 aromatic carbocycles. The second-order valence-electron chi connectivity index (χ2n) is 8.61. The summed E-state index contributed by atoms with van der Waals surface area (Å²) in [7, 11) is 0. The van der Waals surface area contributed by atoms with Gasteiger partial charge in [-0.1, -0.05) is 68.5 Å². The average molecular weight is 443 g/mol. The Kier molecular flexibility index (Phi) is 6.98. The van der Waals surface area contributed by atoms with Crippen LogP contribution in [0.25, 0.3) is 16.8 Å². The second-order valence-corrected chi connectivity index (χ2v) is 8.61. The molecule has 0 N–H and O–H groups in total. The average Bonchev–Trinajstić information content (AvgIpc) is 3.46. The minimum absolute atomic E-state index is 0.0586. The fourth-order valence-electron chi connectivity index (χ4n) is 3.87. The van der Waals surface area contributed by atoms with E-state index in [0.717, 1.165) is 47.5 Å². The van der Waals surface area contributed by atoms with Crippen molar-refractivity contribution in [2.45, 2.75) is 46.7 Å². The minimum atomic E-state index is 0.0586. The van der Waals surface area contributed by atoms with Crippen LogP contribution in [0.2, 0.25) is 0 Å². The molecule has 2 aromatic heterocycles. The van der Waals surface area contributed by atoms with Crippen molar-refractivity contribution < 1.29 is 0 Å². The summed E-state index contributed by atoms with van der Waals surface area (Å²) in [5.41, 5.74) is 5.22. The van der Waals surface area contributed by atoms with Gasteiger partial charge in [-0.25, -0.2) is 4.79 Å². The minimum Gasteiger partial charge on any atom is -0.299 e. The van der Waals surface area contributed by atoms with E-state index in [0.29, 0.717) is 12.5 Å². The van der Waals surface area contributed by atoms with Crippen molar-refractivity contribution in [2.75, 3.05) is 0 Å². The number of nitrogens with zero attached hydrogens (tertiary/aromatic N) is 6. The molecule has 0 unspecified atom stereocenters. The molecule has 33 heavy (non-hydrogen) atoms. The summed E-state index contributed by atoms with van der Waals surface area (Å²) >= 11 is 0. The summed E-state index contributed by atoms with van der Waals surface area (Å²) in [6.07, 6.45) is 9.46. The van der Waals surface area contributed by atoms with E-state index in [1.165, 1.54) is 0 Å². The van der Waals surface area contributed by atoms with Crippen LogP contribution in [0.15, 0.2) is 78.0 Å². The first-order valence-corrected chi connectivity index (χ1v) is 11.4. The lowest BCUT2D eigenvalue weighted by Crippen LogP contribution is -2.26. The van der Waals surface area contributed by atoms with Gasteiger partial charge in [0.05, 0.1) is 12.2 Å². The Bertz CT molecular complexity index is 1260. The maximum Gasteiger partial charge on any atom is 0.328 e. The highest BCUT2D eigenvalue weighted by molar-refractivity contribution is 5.72. The number of para-hydroxylation sites is 1. The number of benzene rings is 2. The standard InChI is InChI=1S/C26H30N6O/c1-4-5-8-23-18-30(16-15-20(2)3)26(33)31(23)17-21-11-13-22(14-12-21)24-9-6-7-10-25(24)32-19-27-28-29-32/h4-7,9-14,18-20H,8,15-17H2,1-3H3. The molecule has 4 rings (SSSR count). The summed E-state index contributed by atoms with van der Waals surface area (Å²) in [4.78, 5) is 13.1. The zero-order valence-electron chi connectivity index (χ0n) is 19.4. The summed E-state index contributed by atoms with van der Waals surface area (Å²) < 4.78 is 5.41. The second kappa shape index (κ2) is 10.3. The van der Waals surface area contributed by atoms with E-state index in [9.17, 15) is 4.79 Å². The molecule has 0 aliphatic carbocycles. The molecule has 0 radical (unpaired) electrons. The van der Waals surface area contributed by atoms with Crippen LogP contribution in [-0.4, -0.2) is 29.3 Å². The van der Waals surface area contributed by atoms with Crippen LogP contribution in [0.3, 0.4) is 0 Å². The number of hydrogen-bond acceptors (Lipinski definition) is 4. The number of allylic oxidation sites excluding steroid dienone is 2. The molecule has 0 atom stereocenters. The quantitative estimate of drug-likeness (QED) is 0.358. The normalized spacial score (nSPS) is 11.6. The lowest BCUT2D eigenvalue weighted by Gasteiger charge is -2.10. The topological polar surface area (TPSA) is 70.5 Å². The van der Waals surface area contributed by atoms with Crippen LogP contribution in [-0.2, 0) is 19.5 Å². The van der Waals surface area contributed by atoms with Gasteiger partial charge in [0, 0.05) is 30.4 Å². The van der Waals surface area contributed by atoms with Crippen molar-refractivity contribution in [3.63, 3.8) is 0 Å². The predicted molar refractivity (Wildman–Crippen MR) is 130 cm³/mol. The third kappa shape index (κ3) is 5.19. The van der Waals surface area contributed by atoms with Crippen LogP contribution < -0.4 is 5.69 Å². The van der Waals surface area contributed by atoms with Gasteiger partial charge in [0.25, 0.3) is 0 Å². The van der Waals surface area contributed by atoms with Crippen molar-refractivity contribution in [1.29, 1.82) is 0 Å². The molecule has 4 aromatic rings. The number of tetrazole rings is 1. The van der Waals surface area contributed by atoms with E-state index < -0.39 is 0 Å². The van der Waals surface area contributed by atoms with Crippen LogP contribution in [0.4, 0.5) is 0 Å². The molecule has 0 saturated heterocycles. The van der Waals surface area contributed by atoms with Crippen molar-refractivity contribution >= 4 is 0 Å². The summed E-state index contributed by atoms with van der Waals surface area (Å²) in [5, 5.41) is 11.5. The molecule has 0 spiro atoms. The largest absolute Gasteiger partial charge is 0.328 e. The summed E-state index contributed by atoms with van der Waals surface area (Å²) in [6, 6.07) is 16.4. The van der Waals surface area contributed by atoms with E-state index >= 15 is 0 Å². The Balaban J connectivity index is 1.61. The first kappa shape index (κ1) is 22.5. The van der Waals surface area contributed by atoms with Crippen molar-refractivity contribution in [3.8, 4) is 16.8 Å². The maximum absolute atomic E-state index is 13.1. The van der Waals surface area contributed by atoms with Gasteiger partial charge < -0.3 is 0 Å². The van der Waals surface area contributed by atoms with E-state index in [1.807, 2.05) is 46.5 Å². The highest BCUT2D eigenvalue weighted by atomic mass is 16.1. The van der Waals surface area contributed by atoms with Crippen LogP contribution in [0.1, 0.15) is 38.4 Å². The van der Waals surface area contributed by atoms with Crippen molar-refractivity contribution in [2.24, 2.45) is 5.92 Å². The first-order chi connectivity index (χ1) is 16.1. The van der Waals surface area contributed by atoms with Gasteiger partial charge in [-0.3, -0.25) is 9.13 Å². The molecule has 0 bridgehead atoms. The molecule has 0 fully saturated rings. The maximum atomic E-state index is 13.1. The Morgan fingerprint density at radius 3 is 2.55 bits per heavy atom. The molecular formula is C26H30N6O. The SMILES string of the molecule is CC=CCc1cn(CCC(C)C)c(=O)n1Cc1ccc(-c2ccccc2-n2cnnn2)cc1. The van der Waals surface area contributed by atoms with Crippen molar-refractivity contribution in [1.82, 2.24) is 29.3 Å². The van der Waals surface area contributed by atoms with Gasteiger partial charge in [-0.2, -0.15) is 4.68 Å².